The average Bonchev–Trinajstić information content (AvgIpc) is 2.39. The summed E-state index contributed by atoms with van der Waals surface area (Å²) < 4.78 is 32.4. The molecule has 0 atom stereocenters. The maximum atomic E-state index is 13.8. The van der Waals surface area contributed by atoms with Crippen LogP contribution in [0.3, 0.4) is 0 Å². The van der Waals surface area contributed by atoms with Crippen LogP contribution >= 0.6 is 0 Å². The molecule has 0 saturated heterocycles. The Labute approximate surface area is 122 Å². The molecule has 2 rings (SSSR count). The Morgan fingerprint density at radius 2 is 1.81 bits per heavy atom. The van der Waals surface area contributed by atoms with Crippen LogP contribution in [0.1, 0.15) is 19.4 Å². The first kappa shape index (κ1) is 15.1. The lowest BCUT2D eigenvalue weighted by Crippen LogP contribution is -2.08. The molecular weight excluding hydrogens is 274 g/mol. The number of hydrogen-bond donors (Lipinski definition) is 2. The summed E-state index contributed by atoms with van der Waals surface area (Å²) in [6.07, 6.45) is -0.149. The van der Waals surface area contributed by atoms with E-state index in [1.165, 1.54) is 18.2 Å². The van der Waals surface area contributed by atoms with Gasteiger partial charge < -0.3 is 15.8 Å². The van der Waals surface area contributed by atoms with Crippen LogP contribution in [0.4, 0.5) is 25.8 Å². The van der Waals surface area contributed by atoms with Gasteiger partial charge in [0.2, 0.25) is 0 Å². The number of anilines is 3. The van der Waals surface area contributed by atoms with Crippen molar-refractivity contribution in [2.75, 3.05) is 11.1 Å². The smallest absolute Gasteiger partial charge is 0.167 e. The SMILES string of the molecule is Cc1cc(Nc2cc(OC(C)C)c(F)cc2N)ccc1F. The molecule has 0 bridgehead atoms. The zero-order chi connectivity index (χ0) is 15.6. The lowest BCUT2D eigenvalue weighted by Gasteiger charge is -2.15. The highest BCUT2D eigenvalue weighted by Gasteiger charge is 2.11. The Bertz CT molecular complexity index is 657. The van der Waals surface area contributed by atoms with Crippen molar-refractivity contribution in [1.29, 1.82) is 0 Å². The molecular formula is C16H18F2N2O. The molecule has 3 nitrogen and oxygen atoms in total. The third-order valence-electron chi connectivity index (χ3n) is 2.90. The van der Waals surface area contributed by atoms with Crippen molar-refractivity contribution < 1.29 is 13.5 Å². The summed E-state index contributed by atoms with van der Waals surface area (Å²) in [5.41, 5.74) is 7.75. The first-order valence-corrected chi connectivity index (χ1v) is 6.65. The van der Waals surface area contributed by atoms with Gasteiger partial charge in [0.05, 0.1) is 17.5 Å². The number of benzene rings is 2. The highest BCUT2D eigenvalue weighted by molar-refractivity contribution is 5.74. The summed E-state index contributed by atoms with van der Waals surface area (Å²) >= 11 is 0. The van der Waals surface area contributed by atoms with Crippen LogP contribution in [0.5, 0.6) is 5.75 Å². The van der Waals surface area contributed by atoms with Gasteiger partial charge in [-0.25, -0.2) is 8.78 Å². The minimum absolute atomic E-state index is 0.125. The predicted octanol–water partition coefficient (Wildman–Crippen LogP) is 4.39. The van der Waals surface area contributed by atoms with Crippen LogP contribution in [-0.4, -0.2) is 6.10 Å². The number of ether oxygens (including phenoxy) is 1. The fourth-order valence-corrected chi connectivity index (χ4v) is 1.90. The summed E-state index contributed by atoms with van der Waals surface area (Å²) in [6, 6.07) is 7.32. The maximum Gasteiger partial charge on any atom is 0.167 e. The number of halogens is 2. The number of nitrogen functional groups attached to an aromatic ring is 1. The van der Waals surface area contributed by atoms with E-state index in [2.05, 4.69) is 5.32 Å². The molecule has 0 fully saturated rings. The van der Waals surface area contributed by atoms with Crippen molar-refractivity contribution in [1.82, 2.24) is 0 Å². The molecule has 0 spiro atoms. The van der Waals surface area contributed by atoms with Gasteiger partial charge in [0, 0.05) is 17.8 Å². The Morgan fingerprint density at radius 1 is 1.10 bits per heavy atom. The zero-order valence-corrected chi connectivity index (χ0v) is 12.2. The van der Waals surface area contributed by atoms with E-state index in [0.29, 0.717) is 16.9 Å². The monoisotopic (exact) mass is 292 g/mol. The van der Waals surface area contributed by atoms with E-state index < -0.39 is 5.82 Å². The molecule has 0 radical (unpaired) electrons. The van der Waals surface area contributed by atoms with Gasteiger partial charge in [0.15, 0.2) is 11.6 Å². The van der Waals surface area contributed by atoms with Crippen LogP contribution in [0.2, 0.25) is 0 Å². The summed E-state index contributed by atoms with van der Waals surface area (Å²) in [7, 11) is 0. The van der Waals surface area contributed by atoms with E-state index in [1.54, 1.807) is 19.1 Å². The van der Waals surface area contributed by atoms with Crippen molar-refractivity contribution in [3.8, 4) is 5.75 Å². The number of aryl methyl sites for hydroxylation is 1. The molecule has 2 aromatic rings. The van der Waals surface area contributed by atoms with Gasteiger partial charge in [-0.05, 0) is 44.5 Å². The van der Waals surface area contributed by atoms with Gasteiger partial charge in [-0.1, -0.05) is 0 Å². The third kappa shape index (κ3) is 3.62. The summed E-state index contributed by atoms with van der Waals surface area (Å²) in [5.74, 6) is -0.668. The van der Waals surface area contributed by atoms with E-state index in [9.17, 15) is 8.78 Å². The van der Waals surface area contributed by atoms with Gasteiger partial charge in [-0.3, -0.25) is 0 Å². The molecule has 0 unspecified atom stereocenters. The topological polar surface area (TPSA) is 47.3 Å². The van der Waals surface area contributed by atoms with Crippen molar-refractivity contribution >= 4 is 17.1 Å². The van der Waals surface area contributed by atoms with Crippen LogP contribution in [0.25, 0.3) is 0 Å². The number of nitrogens with two attached hydrogens (primary N) is 1. The standard InChI is InChI=1S/C16H18F2N2O/c1-9(2)21-16-8-15(14(19)7-13(16)18)20-11-4-5-12(17)10(3)6-11/h4-9,20H,19H2,1-3H3. The lowest BCUT2D eigenvalue weighted by molar-refractivity contribution is 0.231. The second kappa shape index (κ2) is 5.99. The normalized spacial score (nSPS) is 10.8. The number of hydrogen-bond acceptors (Lipinski definition) is 3. The Kier molecular flexibility index (Phi) is 4.31. The van der Waals surface area contributed by atoms with Crippen molar-refractivity contribution in [3.05, 3.63) is 47.5 Å². The van der Waals surface area contributed by atoms with Crippen molar-refractivity contribution in [2.45, 2.75) is 26.9 Å². The fourth-order valence-electron chi connectivity index (χ4n) is 1.90. The van der Waals surface area contributed by atoms with E-state index >= 15 is 0 Å². The first-order chi connectivity index (χ1) is 9.86. The average molecular weight is 292 g/mol. The first-order valence-electron chi connectivity index (χ1n) is 6.65. The van der Waals surface area contributed by atoms with Gasteiger partial charge in [0.25, 0.3) is 0 Å². The minimum atomic E-state index is -0.512. The Balaban J connectivity index is 2.32. The van der Waals surface area contributed by atoms with Gasteiger partial charge in [0.1, 0.15) is 5.82 Å². The second-order valence-corrected chi connectivity index (χ2v) is 5.13. The quantitative estimate of drug-likeness (QED) is 0.822. The lowest BCUT2D eigenvalue weighted by atomic mass is 10.2. The fraction of sp³-hybridized carbons (Fsp3) is 0.250. The molecule has 0 aliphatic carbocycles. The molecule has 0 aliphatic heterocycles. The van der Waals surface area contributed by atoms with E-state index in [0.717, 1.165) is 0 Å². The molecule has 0 saturated carbocycles. The highest BCUT2D eigenvalue weighted by Crippen LogP contribution is 2.31. The van der Waals surface area contributed by atoms with E-state index in [1.807, 2.05) is 13.8 Å². The Morgan fingerprint density at radius 3 is 2.43 bits per heavy atom. The van der Waals surface area contributed by atoms with E-state index in [-0.39, 0.29) is 23.4 Å². The summed E-state index contributed by atoms with van der Waals surface area (Å²) in [4.78, 5) is 0. The molecule has 0 aliphatic rings. The van der Waals surface area contributed by atoms with Crippen LogP contribution in [0, 0.1) is 18.6 Å². The van der Waals surface area contributed by atoms with Crippen LogP contribution in [-0.2, 0) is 0 Å². The van der Waals surface area contributed by atoms with Gasteiger partial charge in [-0.15, -0.1) is 0 Å². The highest BCUT2D eigenvalue weighted by atomic mass is 19.1. The largest absolute Gasteiger partial charge is 0.488 e. The molecule has 112 valence electrons. The zero-order valence-electron chi connectivity index (χ0n) is 12.2. The molecule has 3 N–H and O–H groups in total. The molecule has 2 aromatic carbocycles. The van der Waals surface area contributed by atoms with Crippen LogP contribution in [0.15, 0.2) is 30.3 Å². The van der Waals surface area contributed by atoms with Crippen molar-refractivity contribution in [2.24, 2.45) is 0 Å². The molecule has 21 heavy (non-hydrogen) atoms. The second-order valence-electron chi connectivity index (χ2n) is 5.13. The van der Waals surface area contributed by atoms with Crippen LogP contribution < -0.4 is 15.8 Å². The molecule has 0 aromatic heterocycles. The van der Waals surface area contributed by atoms with E-state index in [4.69, 9.17) is 10.5 Å². The number of nitrogens with one attached hydrogen (secondary N) is 1. The van der Waals surface area contributed by atoms with Crippen molar-refractivity contribution in [3.63, 3.8) is 0 Å². The summed E-state index contributed by atoms with van der Waals surface area (Å²) in [5, 5.41) is 3.04. The maximum absolute atomic E-state index is 13.8. The molecule has 5 heteroatoms. The summed E-state index contributed by atoms with van der Waals surface area (Å²) in [6.45, 7) is 5.29. The van der Waals surface area contributed by atoms with Gasteiger partial charge >= 0.3 is 0 Å². The predicted molar refractivity (Wildman–Crippen MR) is 81.0 cm³/mol. The third-order valence-corrected chi connectivity index (χ3v) is 2.90. The van der Waals surface area contributed by atoms with Gasteiger partial charge in [-0.2, -0.15) is 0 Å². The Hall–Kier alpha value is -2.30. The molecule has 0 amide bonds. The minimum Gasteiger partial charge on any atom is -0.488 e. The number of rotatable bonds is 4. The molecule has 0 heterocycles.